The van der Waals surface area contributed by atoms with Crippen molar-refractivity contribution in [2.45, 2.75) is 60.3 Å². The van der Waals surface area contributed by atoms with Crippen LogP contribution in [0.25, 0.3) is 0 Å². The summed E-state index contributed by atoms with van der Waals surface area (Å²) >= 11 is 0. The Hall–Kier alpha value is -0.0500. The number of halogens is 1. The zero-order valence-corrected chi connectivity index (χ0v) is 20.7. The monoisotopic (exact) mass is 501 g/mol. The average molecular weight is 502 g/mol. The van der Waals surface area contributed by atoms with E-state index in [1.54, 1.807) is 0 Å². The number of hydrogen-bond donors (Lipinski definition) is 1. The Morgan fingerprint density at radius 2 is 1.88 bits per heavy atom. The molecule has 156 valence electrons. The van der Waals surface area contributed by atoms with Gasteiger partial charge >= 0.3 is 0 Å². The van der Waals surface area contributed by atoms with E-state index in [0.717, 1.165) is 37.4 Å². The summed E-state index contributed by atoms with van der Waals surface area (Å²) < 4.78 is 22.9. The van der Waals surface area contributed by atoms with Crippen LogP contribution in [0, 0.1) is 17.3 Å². The van der Waals surface area contributed by atoms with Gasteiger partial charge in [-0.3, -0.25) is 4.99 Å². The molecule has 26 heavy (non-hydrogen) atoms. The number of aliphatic imine (C=N–C) groups is 1. The van der Waals surface area contributed by atoms with Gasteiger partial charge in [0.2, 0.25) is 0 Å². The van der Waals surface area contributed by atoms with Gasteiger partial charge in [0.15, 0.2) is 5.96 Å². The quantitative estimate of drug-likeness (QED) is 0.297. The molecular formula is C19H40IN3O2S. The summed E-state index contributed by atoms with van der Waals surface area (Å²) in [6, 6.07) is 0. The lowest BCUT2D eigenvalue weighted by molar-refractivity contribution is 0.317. The summed E-state index contributed by atoms with van der Waals surface area (Å²) in [6.07, 6.45) is 5.69. The van der Waals surface area contributed by atoms with Crippen molar-refractivity contribution < 1.29 is 8.42 Å². The number of hydrogen-bond acceptors (Lipinski definition) is 3. The molecule has 0 aliphatic carbocycles. The van der Waals surface area contributed by atoms with Gasteiger partial charge in [-0.1, -0.05) is 40.5 Å². The molecule has 0 saturated carbocycles. The highest BCUT2D eigenvalue weighted by atomic mass is 127. The molecule has 0 amide bonds. The fourth-order valence-corrected chi connectivity index (χ4v) is 4.50. The van der Waals surface area contributed by atoms with E-state index in [2.05, 4.69) is 44.8 Å². The van der Waals surface area contributed by atoms with Gasteiger partial charge in [0, 0.05) is 32.4 Å². The molecule has 0 aromatic carbocycles. The Balaban J connectivity index is 0.00000625. The topological polar surface area (TPSA) is 61.8 Å². The molecular weight excluding hydrogens is 461 g/mol. The van der Waals surface area contributed by atoms with Crippen molar-refractivity contribution >= 4 is 39.8 Å². The Morgan fingerprint density at radius 3 is 2.38 bits per heavy atom. The molecule has 7 heteroatoms. The van der Waals surface area contributed by atoms with E-state index in [9.17, 15) is 8.42 Å². The Bertz CT molecular complexity index is 531. The van der Waals surface area contributed by atoms with E-state index >= 15 is 0 Å². The van der Waals surface area contributed by atoms with Gasteiger partial charge < -0.3 is 10.2 Å². The number of likely N-dealkylation sites (tertiary alicyclic amines) is 1. The number of rotatable bonds is 9. The van der Waals surface area contributed by atoms with E-state index in [1.807, 2.05) is 0 Å². The molecule has 0 aromatic heterocycles. The Morgan fingerprint density at radius 1 is 1.27 bits per heavy atom. The van der Waals surface area contributed by atoms with E-state index in [1.165, 1.54) is 25.5 Å². The normalized spacial score (nSPS) is 19.0. The Labute approximate surface area is 178 Å². The molecule has 1 aliphatic heterocycles. The molecule has 1 atom stereocenters. The molecule has 1 N–H and O–H groups in total. The summed E-state index contributed by atoms with van der Waals surface area (Å²) in [4.78, 5) is 7.24. The maximum absolute atomic E-state index is 11.4. The molecule has 1 heterocycles. The molecule has 1 aliphatic rings. The molecule has 0 radical (unpaired) electrons. The van der Waals surface area contributed by atoms with Crippen molar-refractivity contribution in [1.82, 2.24) is 10.2 Å². The number of guanidine groups is 1. The lowest BCUT2D eigenvalue weighted by Gasteiger charge is -2.26. The predicted molar refractivity (Wildman–Crippen MR) is 123 cm³/mol. The highest BCUT2D eigenvalue weighted by Crippen LogP contribution is 2.29. The van der Waals surface area contributed by atoms with Crippen LogP contribution >= 0.6 is 24.0 Å². The van der Waals surface area contributed by atoms with Gasteiger partial charge in [-0.15, -0.1) is 24.0 Å². The summed E-state index contributed by atoms with van der Waals surface area (Å²) in [7, 11) is -2.92. The second kappa shape index (κ2) is 11.7. The van der Waals surface area contributed by atoms with Crippen LogP contribution in [0.15, 0.2) is 4.99 Å². The van der Waals surface area contributed by atoms with Gasteiger partial charge in [0.1, 0.15) is 9.84 Å². The fourth-order valence-electron chi connectivity index (χ4n) is 3.58. The zero-order chi connectivity index (χ0) is 19.1. The van der Waals surface area contributed by atoms with E-state index in [-0.39, 0.29) is 35.1 Å². The maximum atomic E-state index is 11.4. The molecule has 5 nitrogen and oxygen atoms in total. The van der Waals surface area contributed by atoms with Crippen LogP contribution in [0.3, 0.4) is 0 Å². The van der Waals surface area contributed by atoms with Crippen LogP contribution in [0.5, 0.6) is 0 Å². The van der Waals surface area contributed by atoms with Gasteiger partial charge in [0.05, 0.1) is 5.75 Å². The minimum absolute atomic E-state index is 0. The molecule has 0 aromatic rings. The summed E-state index contributed by atoms with van der Waals surface area (Å²) in [6.45, 7) is 14.5. The van der Waals surface area contributed by atoms with E-state index < -0.39 is 9.84 Å². The van der Waals surface area contributed by atoms with Crippen molar-refractivity contribution in [3.8, 4) is 0 Å². The number of nitrogens with zero attached hydrogens (tertiary/aromatic N) is 2. The van der Waals surface area contributed by atoms with Crippen LogP contribution < -0.4 is 5.32 Å². The minimum atomic E-state index is -2.92. The lowest BCUT2D eigenvalue weighted by atomic mass is 9.87. The summed E-state index contributed by atoms with van der Waals surface area (Å²) in [5.74, 6) is 2.78. The lowest BCUT2D eigenvalue weighted by Crippen LogP contribution is -2.41. The molecule has 1 saturated heterocycles. The molecule has 1 unspecified atom stereocenters. The van der Waals surface area contributed by atoms with Gasteiger partial charge in [0.25, 0.3) is 0 Å². The summed E-state index contributed by atoms with van der Waals surface area (Å²) in [5.41, 5.74) is -0.113. The van der Waals surface area contributed by atoms with Crippen molar-refractivity contribution in [1.29, 1.82) is 0 Å². The third-order valence-electron chi connectivity index (χ3n) is 5.38. The maximum Gasteiger partial charge on any atom is 0.193 e. The van der Waals surface area contributed by atoms with Gasteiger partial charge in [-0.2, -0.15) is 0 Å². The zero-order valence-electron chi connectivity index (χ0n) is 17.5. The van der Waals surface area contributed by atoms with Crippen molar-refractivity contribution in [2.75, 3.05) is 38.2 Å². The number of sulfone groups is 1. The number of nitrogens with one attached hydrogen (secondary N) is 1. The average Bonchev–Trinajstić information content (AvgIpc) is 3.00. The second-order valence-corrected chi connectivity index (χ2v) is 10.5. The van der Waals surface area contributed by atoms with E-state index in [4.69, 9.17) is 4.99 Å². The molecule has 0 bridgehead atoms. The first-order valence-electron chi connectivity index (χ1n) is 9.82. The predicted octanol–water partition coefficient (Wildman–Crippen LogP) is 3.79. The molecule has 1 fully saturated rings. The largest absolute Gasteiger partial charge is 0.357 e. The highest BCUT2D eigenvalue weighted by Gasteiger charge is 2.29. The smallest absolute Gasteiger partial charge is 0.193 e. The SMILES string of the molecule is CCNC(=NCC(C)(C)CCS(C)(=O)=O)N1CCC(C(CC)CC)C1.I. The summed E-state index contributed by atoms with van der Waals surface area (Å²) in [5, 5.41) is 3.42. The van der Waals surface area contributed by atoms with Crippen LogP contribution in [-0.2, 0) is 9.84 Å². The van der Waals surface area contributed by atoms with Gasteiger partial charge in [-0.05, 0) is 37.0 Å². The third-order valence-corrected chi connectivity index (χ3v) is 6.33. The van der Waals surface area contributed by atoms with Gasteiger partial charge in [-0.25, -0.2) is 8.42 Å². The van der Waals surface area contributed by atoms with Crippen LogP contribution in [0.1, 0.15) is 60.3 Å². The van der Waals surface area contributed by atoms with Crippen LogP contribution in [0.2, 0.25) is 0 Å². The highest BCUT2D eigenvalue weighted by molar-refractivity contribution is 14.0. The minimum Gasteiger partial charge on any atom is -0.357 e. The Kier molecular flexibility index (Phi) is 11.7. The first-order valence-corrected chi connectivity index (χ1v) is 11.9. The van der Waals surface area contributed by atoms with Crippen LogP contribution in [0.4, 0.5) is 0 Å². The van der Waals surface area contributed by atoms with Crippen LogP contribution in [-0.4, -0.2) is 57.5 Å². The van der Waals surface area contributed by atoms with Crippen molar-refractivity contribution in [3.63, 3.8) is 0 Å². The molecule has 1 rings (SSSR count). The third kappa shape index (κ3) is 9.24. The molecule has 0 spiro atoms. The van der Waals surface area contributed by atoms with E-state index in [0.29, 0.717) is 13.0 Å². The fraction of sp³-hybridized carbons (Fsp3) is 0.947. The second-order valence-electron chi connectivity index (χ2n) is 8.29. The first-order chi connectivity index (χ1) is 11.6. The standard InChI is InChI=1S/C19H39N3O2S.HI/c1-7-16(8-2)17-10-12-22(14-17)18(20-9-3)21-15-19(4,5)11-13-25(6,23)24;/h16-17H,7-15H2,1-6H3,(H,20,21);1H. The van der Waals surface area contributed by atoms with Crippen molar-refractivity contribution in [2.24, 2.45) is 22.2 Å². The van der Waals surface area contributed by atoms with Crippen molar-refractivity contribution in [3.05, 3.63) is 0 Å². The first kappa shape index (κ1) is 26.0.